The summed E-state index contributed by atoms with van der Waals surface area (Å²) in [6.45, 7) is 0.0898. The van der Waals surface area contributed by atoms with Gasteiger partial charge in [-0.3, -0.25) is 14.9 Å². The van der Waals surface area contributed by atoms with Crippen LogP contribution in [-0.2, 0) is 6.54 Å². The van der Waals surface area contributed by atoms with Crippen LogP contribution in [0.5, 0.6) is 5.75 Å². The number of aromatic nitrogens is 1. The molecule has 7 nitrogen and oxygen atoms in total. The highest BCUT2D eigenvalue weighted by Gasteiger charge is 2.45. The normalized spacial score (nSPS) is 14.9. The van der Waals surface area contributed by atoms with Crippen LogP contribution in [0.1, 0.15) is 33.1 Å². The van der Waals surface area contributed by atoms with Gasteiger partial charge in [-0.25, -0.2) is 9.37 Å². The number of nitro groups is 1. The molecule has 35 heavy (non-hydrogen) atoms. The van der Waals surface area contributed by atoms with Crippen LogP contribution < -0.4 is 4.74 Å². The van der Waals surface area contributed by atoms with Crippen LogP contribution in [0.4, 0.5) is 10.1 Å². The summed E-state index contributed by atoms with van der Waals surface area (Å²) in [5, 5.41) is 13.1. The molecule has 1 unspecified atom stereocenters. The van der Waals surface area contributed by atoms with Crippen molar-refractivity contribution in [1.82, 2.24) is 9.88 Å². The molecule has 1 atom stereocenters. The predicted molar refractivity (Wildman–Crippen MR) is 130 cm³/mol. The summed E-state index contributed by atoms with van der Waals surface area (Å²) in [5.41, 5.74) is 0.928. The summed E-state index contributed by atoms with van der Waals surface area (Å²) in [4.78, 5) is 30.9. The van der Waals surface area contributed by atoms with Crippen molar-refractivity contribution in [2.45, 2.75) is 12.6 Å². The van der Waals surface area contributed by atoms with E-state index in [2.05, 4.69) is 4.98 Å². The maximum absolute atomic E-state index is 14.3. The third kappa shape index (κ3) is 3.84. The number of carbonyl (C=O) groups is 1. The number of halogens is 3. The van der Waals surface area contributed by atoms with Crippen molar-refractivity contribution in [1.29, 1.82) is 0 Å². The average Bonchev–Trinajstić information content (AvgIpc) is 3.13. The molecule has 1 aliphatic rings. The van der Waals surface area contributed by atoms with Crippen LogP contribution in [0.3, 0.4) is 0 Å². The van der Waals surface area contributed by atoms with Gasteiger partial charge in [-0.1, -0.05) is 35.3 Å². The highest BCUT2D eigenvalue weighted by molar-refractivity contribution is 6.35. The Labute approximate surface area is 208 Å². The number of ether oxygens (including phenoxy) is 1. The third-order valence-electron chi connectivity index (χ3n) is 6.06. The molecular weight excluding hydrogens is 496 g/mol. The molecule has 3 aromatic carbocycles. The molecule has 0 fully saturated rings. The summed E-state index contributed by atoms with van der Waals surface area (Å²) in [7, 11) is 1.54. The molecule has 0 bridgehead atoms. The smallest absolute Gasteiger partial charge is 0.276 e. The largest absolute Gasteiger partial charge is 0.497 e. The summed E-state index contributed by atoms with van der Waals surface area (Å²) in [6, 6.07) is 12.7. The van der Waals surface area contributed by atoms with E-state index >= 15 is 0 Å². The summed E-state index contributed by atoms with van der Waals surface area (Å²) in [5.74, 6) is -0.402. The lowest BCUT2D eigenvalue weighted by atomic mass is 9.92. The molecule has 0 spiro atoms. The molecular formula is C25H16Cl2FN3O4. The second-order valence-corrected chi connectivity index (χ2v) is 8.75. The fourth-order valence-electron chi connectivity index (χ4n) is 4.50. The number of benzene rings is 3. The third-order valence-corrected chi connectivity index (χ3v) is 6.70. The number of carbonyl (C=O) groups excluding carboxylic acids is 1. The van der Waals surface area contributed by atoms with E-state index in [0.717, 1.165) is 5.56 Å². The van der Waals surface area contributed by atoms with Gasteiger partial charge in [0.2, 0.25) is 0 Å². The van der Waals surface area contributed by atoms with Gasteiger partial charge in [0.25, 0.3) is 11.6 Å². The number of fused-ring (bicyclic) bond motifs is 3. The maximum Gasteiger partial charge on any atom is 0.276 e. The number of rotatable bonds is 5. The van der Waals surface area contributed by atoms with Gasteiger partial charge in [0.1, 0.15) is 16.7 Å². The van der Waals surface area contributed by atoms with Crippen molar-refractivity contribution in [3.05, 3.63) is 109 Å². The molecule has 0 radical (unpaired) electrons. The van der Waals surface area contributed by atoms with Crippen LogP contribution in [-0.4, -0.2) is 27.8 Å². The molecule has 4 aromatic rings. The summed E-state index contributed by atoms with van der Waals surface area (Å²) >= 11 is 12.7. The zero-order valence-electron chi connectivity index (χ0n) is 18.2. The van der Waals surface area contributed by atoms with Gasteiger partial charge >= 0.3 is 0 Å². The molecule has 0 saturated heterocycles. The molecule has 0 aliphatic carbocycles. The molecule has 10 heteroatoms. The van der Waals surface area contributed by atoms with Crippen molar-refractivity contribution < 1.29 is 18.8 Å². The monoisotopic (exact) mass is 511 g/mol. The highest BCUT2D eigenvalue weighted by Crippen LogP contribution is 2.49. The van der Waals surface area contributed by atoms with Crippen LogP contribution in [0, 0.1) is 15.9 Å². The standard InChI is InChI=1S/C25H16Cl2FN3O4/c1-35-15-5-2-13(3-6-15)12-30-23(18-10-14(28)4-7-19(18)26)22-20(31(33)34)11-17-16(21(22)25(30)32)8-9-29-24(17)27/h2-11,23H,12H2,1H3. The van der Waals surface area contributed by atoms with Crippen LogP contribution >= 0.6 is 23.2 Å². The number of pyridine rings is 1. The number of amides is 1. The van der Waals surface area contributed by atoms with E-state index in [0.29, 0.717) is 11.1 Å². The summed E-state index contributed by atoms with van der Waals surface area (Å²) in [6.07, 6.45) is 1.43. The molecule has 2 heterocycles. The molecule has 1 amide bonds. The fourth-order valence-corrected chi connectivity index (χ4v) is 4.94. The number of nitro benzene ring substituents is 1. The van der Waals surface area contributed by atoms with Crippen molar-refractivity contribution in [2.24, 2.45) is 0 Å². The van der Waals surface area contributed by atoms with E-state index in [1.807, 2.05) is 0 Å². The Morgan fingerprint density at radius 3 is 2.54 bits per heavy atom. The Morgan fingerprint density at radius 2 is 1.86 bits per heavy atom. The zero-order chi connectivity index (χ0) is 24.9. The Balaban J connectivity index is 1.79. The lowest BCUT2D eigenvalue weighted by Gasteiger charge is -2.26. The Hall–Kier alpha value is -3.75. The van der Waals surface area contributed by atoms with E-state index in [4.69, 9.17) is 27.9 Å². The number of hydrogen-bond acceptors (Lipinski definition) is 5. The molecule has 5 rings (SSSR count). The number of hydrogen-bond donors (Lipinski definition) is 0. The minimum absolute atomic E-state index is 0.0372. The topological polar surface area (TPSA) is 85.6 Å². The minimum atomic E-state index is -1.00. The Kier molecular flexibility index (Phi) is 5.78. The fraction of sp³-hybridized carbons (Fsp3) is 0.120. The van der Waals surface area contributed by atoms with E-state index in [9.17, 15) is 19.3 Å². The number of methoxy groups -OCH3 is 1. The van der Waals surface area contributed by atoms with Crippen molar-refractivity contribution >= 4 is 45.6 Å². The van der Waals surface area contributed by atoms with Crippen LogP contribution in [0.15, 0.2) is 60.8 Å². The lowest BCUT2D eigenvalue weighted by molar-refractivity contribution is -0.385. The highest BCUT2D eigenvalue weighted by atomic mass is 35.5. The summed E-state index contributed by atoms with van der Waals surface area (Å²) < 4.78 is 19.5. The van der Waals surface area contributed by atoms with Gasteiger partial charge in [0.15, 0.2) is 0 Å². The second-order valence-electron chi connectivity index (χ2n) is 7.99. The zero-order valence-corrected chi connectivity index (χ0v) is 19.7. The van der Waals surface area contributed by atoms with Gasteiger partial charge in [0.05, 0.1) is 29.2 Å². The SMILES string of the molecule is COc1ccc(CN2C(=O)c3c(c([N+](=O)[O-])cc4c(Cl)nccc34)C2c2cc(F)ccc2Cl)cc1. The molecule has 176 valence electrons. The quantitative estimate of drug-likeness (QED) is 0.177. The molecule has 0 saturated carbocycles. The van der Waals surface area contributed by atoms with E-state index < -0.39 is 22.7 Å². The second kappa shape index (κ2) is 8.79. The molecule has 1 aromatic heterocycles. The van der Waals surface area contributed by atoms with Gasteiger partial charge in [-0.2, -0.15) is 0 Å². The first-order valence-electron chi connectivity index (χ1n) is 10.4. The van der Waals surface area contributed by atoms with Gasteiger partial charge in [-0.05, 0) is 47.3 Å². The Morgan fingerprint density at radius 1 is 1.11 bits per heavy atom. The first-order valence-corrected chi connectivity index (χ1v) is 11.2. The van der Waals surface area contributed by atoms with Gasteiger partial charge in [-0.15, -0.1) is 0 Å². The van der Waals surface area contributed by atoms with Gasteiger partial charge < -0.3 is 9.64 Å². The van der Waals surface area contributed by atoms with E-state index in [-0.39, 0.29) is 44.5 Å². The van der Waals surface area contributed by atoms with Crippen molar-refractivity contribution in [3.8, 4) is 5.75 Å². The first-order chi connectivity index (χ1) is 16.8. The van der Waals surface area contributed by atoms with Crippen molar-refractivity contribution in [3.63, 3.8) is 0 Å². The van der Waals surface area contributed by atoms with E-state index in [1.54, 1.807) is 37.4 Å². The van der Waals surface area contributed by atoms with E-state index in [1.165, 1.54) is 35.4 Å². The van der Waals surface area contributed by atoms with Gasteiger partial charge in [0, 0.05) is 34.8 Å². The predicted octanol–water partition coefficient (Wildman–Crippen LogP) is 6.34. The average molecular weight is 512 g/mol. The number of nitrogens with zero attached hydrogens (tertiary/aromatic N) is 3. The molecule has 0 N–H and O–H groups in total. The maximum atomic E-state index is 14.3. The van der Waals surface area contributed by atoms with Crippen LogP contribution in [0.25, 0.3) is 10.8 Å². The molecule has 1 aliphatic heterocycles. The van der Waals surface area contributed by atoms with Crippen LogP contribution in [0.2, 0.25) is 10.2 Å². The van der Waals surface area contributed by atoms with Crippen molar-refractivity contribution in [2.75, 3.05) is 7.11 Å². The lowest BCUT2D eigenvalue weighted by Crippen LogP contribution is -2.28. The minimum Gasteiger partial charge on any atom is -0.497 e. The first kappa shape index (κ1) is 23.0. The Bertz CT molecular complexity index is 1510.